The number of nitrogens with two attached hydrogens (primary N) is 1. The molecule has 1 aromatic carbocycles. The van der Waals surface area contributed by atoms with Crippen LogP contribution in [0.1, 0.15) is 29.5 Å². The lowest BCUT2D eigenvalue weighted by Gasteiger charge is -2.20. The van der Waals surface area contributed by atoms with E-state index in [-0.39, 0.29) is 6.03 Å². The fourth-order valence-corrected chi connectivity index (χ4v) is 2.34. The molecule has 0 spiro atoms. The molecule has 2 rings (SSSR count). The highest BCUT2D eigenvalue weighted by molar-refractivity contribution is 5.73. The molecule has 92 valence electrons. The van der Waals surface area contributed by atoms with Crippen molar-refractivity contribution in [2.24, 2.45) is 5.84 Å². The number of nitrogens with zero attached hydrogens (tertiary/aromatic N) is 1. The maximum absolute atomic E-state index is 11.3. The van der Waals surface area contributed by atoms with Crippen molar-refractivity contribution in [2.45, 2.75) is 32.2 Å². The van der Waals surface area contributed by atoms with Crippen LogP contribution in [0, 0.1) is 0 Å². The summed E-state index contributed by atoms with van der Waals surface area (Å²) in [6.45, 7) is 0.594. The first-order chi connectivity index (χ1) is 8.20. The predicted molar refractivity (Wildman–Crippen MR) is 67.3 cm³/mol. The lowest BCUT2D eigenvalue weighted by atomic mass is 9.90. The zero-order chi connectivity index (χ0) is 12.3. The molecule has 0 bridgehead atoms. The molecule has 4 nitrogen and oxygen atoms in total. The number of hydrazine groups is 1. The number of benzene rings is 1. The minimum atomic E-state index is -0.261. The first kappa shape index (κ1) is 11.9. The Morgan fingerprint density at radius 1 is 1.35 bits per heavy atom. The van der Waals surface area contributed by atoms with E-state index in [4.69, 9.17) is 5.84 Å². The summed E-state index contributed by atoms with van der Waals surface area (Å²) in [6, 6.07) is 6.25. The van der Waals surface area contributed by atoms with E-state index in [9.17, 15) is 4.79 Å². The Balaban J connectivity index is 2.09. The number of hydrogen-bond acceptors (Lipinski definition) is 2. The van der Waals surface area contributed by atoms with Crippen molar-refractivity contribution in [3.63, 3.8) is 0 Å². The maximum atomic E-state index is 11.3. The molecular weight excluding hydrogens is 214 g/mol. The van der Waals surface area contributed by atoms with Crippen LogP contribution >= 0.6 is 0 Å². The number of carbonyl (C=O) groups is 1. The van der Waals surface area contributed by atoms with E-state index in [0.717, 1.165) is 12.0 Å². The van der Waals surface area contributed by atoms with Crippen LogP contribution in [-0.4, -0.2) is 18.0 Å². The fourth-order valence-electron chi connectivity index (χ4n) is 2.34. The minimum absolute atomic E-state index is 0.261. The molecule has 0 fully saturated rings. The summed E-state index contributed by atoms with van der Waals surface area (Å²) in [5, 5.41) is 0. The van der Waals surface area contributed by atoms with Crippen LogP contribution in [0.3, 0.4) is 0 Å². The average Bonchev–Trinajstić information content (AvgIpc) is 2.37. The van der Waals surface area contributed by atoms with Gasteiger partial charge in [-0.3, -0.25) is 5.43 Å². The summed E-state index contributed by atoms with van der Waals surface area (Å²) in [4.78, 5) is 12.9. The van der Waals surface area contributed by atoms with Gasteiger partial charge in [0.1, 0.15) is 0 Å². The Hall–Kier alpha value is -1.55. The summed E-state index contributed by atoms with van der Waals surface area (Å²) >= 11 is 0. The second-order valence-electron chi connectivity index (χ2n) is 4.62. The van der Waals surface area contributed by atoms with Crippen LogP contribution in [0.25, 0.3) is 0 Å². The summed E-state index contributed by atoms with van der Waals surface area (Å²) in [7, 11) is 1.74. The molecule has 0 unspecified atom stereocenters. The zero-order valence-corrected chi connectivity index (χ0v) is 10.2. The first-order valence-electron chi connectivity index (χ1n) is 6.03. The topological polar surface area (TPSA) is 58.4 Å². The molecule has 17 heavy (non-hydrogen) atoms. The quantitative estimate of drug-likeness (QED) is 0.463. The van der Waals surface area contributed by atoms with Crippen molar-refractivity contribution in [2.75, 3.05) is 7.05 Å². The molecule has 0 heterocycles. The van der Waals surface area contributed by atoms with Crippen LogP contribution in [0.2, 0.25) is 0 Å². The monoisotopic (exact) mass is 233 g/mol. The SMILES string of the molecule is CN(Cc1ccc2c(c1)CCCC2)C(=O)NN. The number of fused-ring (bicyclic) bond motifs is 1. The Morgan fingerprint density at radius 2 is 2.06 bits per heavy atom. The fraction of sp³-hybridized carbons (Fsp3) is 0.462. The van der Waals surface area contributed by atoms with Crippen molar-refractivity contribution in [1.29, 1.82) is 0 Å². The molecule has 0 saturated carbocycles. The molecular formula is C13H19N3O. The van der Waals surface area contributed by atoms with Crippen molar-refractivity contribution in [3.05, 3.63) is 34.9 Å². The smallest absolute Gasteiger partial charge is 0.322 e. The maximum Gasteiger partial charge on any atom is 0.331 e. The molecule has 0 aromatic heterocycles. The number of rotatable bonds is 2. The van der Waals surface area contributed by atoms with E-state index in [1.54, 1.807) is 11.9 Å². The summed E-state index contributed by atoms with van der Waals surface area (Å²) in [6.07, 6.45) is 4.92. The largest absolute Gasteiger partial charge is 0.331 e. The van der Waals surface area contributed by atoms with Crippen molar-refractivity contribution < 1.29 is 4.79 Å². The number of aryl methyl sites for hydroxylation is 2. The van der Waals surface area contributed by atoms with Gasteiger partial charge in [-0.05, 0) is 42.4 Å². The Labute approximate surface area is 102 Å². The third-order valence-corrected chi connectivity index (χ3v) is 3.30. The summed E-state index contributed by atoms with van der Waals surface area (Å²) in [5.41, 5.74) is 6.20. The van der Waals surface area contributed by atoms with Crippen LogP contribution < -0.4 is 11.3 Å². The Kier molecular flexibility index (Phi) is 3.64. The highest BCUT2D eigenvalue weighted by Crippen LogP contribution is 2.22. The number of carbonyl (C=O) groups excluding carboxylic acids is 1. The highest BCUT2D eigenvalue weighted by atomic mass is 16.2. The molecule has 0 radical (unpaired) electrons. The number of hydrogen-bond donors (Lipinski definition) is 2. The predicted octanol–water partition coefficient (Wildman–Crippen LogP) is 1.58. The van der Waals surface area contributed by atoms with Crippen molar-refractivity contribution >= 4 is 6.03 Å². The summed E-state index contributed by atoms with van der Waals surface area (Å²) in [5.74, 6) is 5.10. The molecule has 1 aliphatic carbocycles. The standard InChI is InChI=1S/C13H19N3O/c1-16(13(17)15-14)9-10-6-7-11-4-2-3-5-12(11)8-10/h6-8H,2-5,9,14H2,1H3,(H,15,17). The number of amides is 2. The van der Waals surface area contributed by atoms with E-state index in [2.05, 4.69) is 23.6 Å². The lowest BCUT2D eigenvalue weighted by Crippen LogP contribution is -2.40. The van der Waals surface area contributed by atoms with E-state index in [1.807, 2.05) is 0 Å². The lowest BCUT2D eigenvalue weighted by molar-refractivity contribution is 0.207. The van der Waals surface area contributed by atoms with Gasteiger partial charge in [0.25, 0.3) is 0 Å². The van der Waals surface area contributed by atoms with Gasteiger partial charge in [-0.15, -0.1) is 0 Å². The van der Waals surface area contributed by atoms with Gasteiger partial charge in [-0.1, -0.05) is 18.2 Å². The number of urea groups is 1. The second kappa shape index (κ2) is 5.19. The normalized spacial score (nSPS) is 14.0. The highest BCUT2D eigenvalue weighted by Gasteiger charge is 2.11. The third-order valence-electron chi connectivity index (χ3n) is 3.30. The van der Waals surface area contributed by atoms with E-state index < -0.39 is 0 Å². The van der Waals surface area contributed by atoms with E-state index in [1.165, 1.54) is 30.4 Å². The molecule has 2 amide bonds. The van der Waals surface area contributed by atoms with E-state index in [0.29, 0.717) is 6.54 Å². The van der Waals surface area contributed by atoms with Crippen LogP contribution in [-0.2, 0) is 19.4 Å². The zero-order valence-electron chi connectivity index (χ0n) is 10.2. The van der Waals surface area contributed by atoms with Gasteiger partial charge in [-0.25, -0.2) is 10.6 Å². The van der Waals surface area contributed by atoms with Crippen molar-refractivity contribution in [3.8, 4) is 0 Å². The molecule has 0 atom stereocenters. The average molecular weight is 233 g/mol. The molecule has 4 heteroatoms. The summed E-state index contributed by atoms with van der Waals surface area (Å²) < 4.78 is 0. The Bertz CT molecular complexity index is 417. The van der Waals surface area contributed by atoms with Gasteiger partial charge < -0.3 is 4.90 Å². The minimum Gasteiger partial charge on any atom is -0.322 e. The van der Waals surface area contributed by atoms with Crippen LogP contribution in [0.15, 0.2) is 18.2 Å². The van der Waals surface area contributed by atoms with Gasteiger partial charge in [0.15, 0.2) is 0 Å². The second-order valence-corrected chi connectivity index (χ2v) is 4.62. The van der Waals surface area contributed by atoms with E-state index >= 15 is 0 Å². The van der Waals surface area contributed by atoms with Crippen LogP contribution in [0.5, 0.6) is 0 Å². The Morgan fingerprint density at radius 3 is 2.76 bits per heavy atom. The van der Waals surface area contributed by atoms with Gasteiger partial charge in [0, 0.05) is 13.6 Å². The van der Waals surface area contributed by atoms with Crippen LogP contribution in [0.4, 0.5) is 4.79 Å². The number of nitrogens with one attached hydrogen (secondary N) is 1. The first-order valence-corrected chi connectivity index (χ1v) is 6.03. The van der Waals surface area contributed by atoms with Gasteiger partial charge >= 0.3 is 6.03 Å². The van der Waals surface area contributed by atoms with Crippen molar-refractivity contribution in [1.82, 2.24) is 10.3 Å². The molecule has 3 N–H and O–H groups in total. The van der Waals surface area contributed by atoms with Gasteiger partial charge in [0.2, 0.25) is 0 Å². The molecule has 1 aromatic rings. The third kappa shape index (κ3) is 2.77. The van der Waals surface area contributed by atoms with Gasteiger partial charge in [0.05, 0.1) is 0 Å². The molecule has 0 aliphatic heterocycles. The van der Waals surface area contributed by atoms with Gasteiger partial charge in [-0.2, -0.15) is 0 Å². The molecule has 1 aliphatic rings. The molecule has 0 saturated heterocycles.